The molecule has 6 heterocycles. The van der Waals surface area contributed by atoms with E-state index in [0.29, 0.717) is 22.4 Å². The Morgan fingerprint density at radius 2 is 1.25 bits per heavy atom. The number of carbonyl (C=O) groups excluding carboxylic acids is 2. The first-order valence-corrected chi connectivity index (χ1v) is 14.3. The second kappa shape index (κ2) is 29.6. The minimum absolute atomic E-state index is 0. The van der Waals surface area contributed by atoms with Crippen molar-refractivity contribution < 1.29 is 140 Å². The van der Waals surface area contributed by atoms with Crippen LogP contribution in [0.5, 0.6) is 0 Å². The molecule has 274 valence electrons. The molecule has 0 aliphatic carbocycles. The number of aromatic amines is 1. The number of nitrogens with two attached hydrogens (primary N) is 3. The summed E-state index contributed by atoms with van der Waals surface area (Å²) in [4.78, 5) is 62.3. The number of ketones is 1. The van der Waals surface area contributed by atoms with E-state index in [1.807, 2.05) is 33.8 Å². The Kier molecular flexibility index (Phi) is 33.8. The zero-order valence-corrected chi connectivity index (χ0v) is 41.2. The molecule has 1 aliphatic heterocycles. The van der Waals surface area contributed by atoms with Crippen molar-refractivity contribution in [2.24, 2.45) is 0 Å². The molecule has 52 heavy (non-hydrogen) atoms. The second-order valence-electron chi connectivity index (χ2n) is 9.09. The fourth-order valence-electron chi connectivity index (χ4n) is 3.48. The maximum atomic E-state index is 11.2. The summed E-state index contributed by atoms with van der Waals surface area (Å²) < 4.78 is 4.31. The van der Waals surface area contributed by atoms with Crippen molar-refractivity contribution >= 4 is 51.3 Å². The molecule has 16 nitrogen and oxygen atoms in total. The van der Waals surface area contributed by atoms with Crippen LogP contribution in [0.1, 0.15) is 54.0 Å². The van der Waals surface area contributed by atoms with Gasteiger partial charge in [-0.05, 0) is 31.0 Å². The van der Waals surface area contributed by atoms with E-state index in [1.165, 1.54) is 22.0 Å². The number of hydrogen-bond donors (Lipinski definition) is 4. The van der Waals surface area contributed by atoms with Gasteiger partial charge >= 0.3 is 0 Å². The Balaban J connectivity index is -0.000000178. The fourth-order valence-corrected chi connectivity index (χ4v) is 3.48. The van der Waals surface area contributed by atoms with E-state index < -0.39 is 5.69 Å². The summed E-state index contributed by atoms with van der Waals surface area (Å²) in [5.41, 5.74) is 18.2. The first kappa shape index (κ1) is 59.5. The van der Waals surface area contributed by atoms with Gasteiger partial charge in [0, 0.05) is 153 Å². The van der Waals surface area contributed by atoms with Crippen LogP contribution in [0.3, 0.4) is 0 Å². The summed E-state index contributed by atoms with van der Waals surface area (Å²) in [5, 5.41) is 1.35. The number of aryl methyl sites for hydroxylation is 1. The summed E-state index contributed by atoms with van der Waals surface area (Å²) in [6.07, 6.45) is 7.85. The predicted octanol–water partition coefficient (Wildman–Crippen LogP) is 3.53. The standard InChI is InChI=1S/C7H7N4O.C7H7N4.C7H8NO2.C6H8N3O.2C2H6.CH4.4Y/c1-11-3-2-4-5(11)9-7(8)10-6(4)12;1-11-3-2-5-6(8)9-4-10-7(5)11;1-5-4-8(2)7(10)3-6(5)9;1-4-3-9(2)6(10)8-5(4)7;2*1-2;;;;;/h2-3H,1H2,(H3,8,9,10,12);2-4H,1H2,(H2,8,9,10);4H,2-3H2,1H3;3H,2H2,1H3,(H2,7,8,10);2*1-2H3;1H4;;;;/q4*-1;;;;;;;. The minimum Gasteiger partial charge on any atom is -0.473 e. The van der Waals surface area contributed by atoms with Gasteiger partial charge in [0.15, 0.2) is 11.7 Å². The van der Waals surface area contributed by atoms with Gasteiger partial charge in [-0.2, -0.15) is 0 Å². The third kappa shape index (κ3) is 17.6. The van der Waals surface area contributed by atoms with Gasteiger partial charge < -0.3 is 40.6 Å². The number of Topliss-reactive ketones (excluding diaryl/α,β-unsaturated/α-hetero) is 1. The molecule has 0 atom stereocenters. The molecule has 6 rings (SSSR count). The number of nitrogen functional groups attached to an aromatic ring is 3. The molecule has 0 spiro atoms. The number of allylic oxidation sites excluding steroid dienone is 1. The Morgan fingerprint density at radius 1 is 0.731 bits per heavy atom. The summed E-state index contributed by atoms with van der Waals surface area (Å²) >= 11 is 0. The first-order valence-electron chi connectivity index (χ1n) is 14.3. The number of aromatic nitrogens is 8. The molecule has 0 bridgehead atoms. The van der Waals surface area contributed by atoms with E-state index in [0.717, 1.165) is 21.2 Å². The fraction of sp³-hybridized carbons (Fsp3) is 0.250. The quantitative estimate of drug-likeness (QED) is 0.130. The number of rotatable bonds is 0. The number of nitrogens with one attached hydrogen (secondary N) is 1. The second-order valence-corrected chi connectivity index (χ2v) is 9.09. The van der Waals surface area contributed by atoms with E-state index >= 15 is 0 Å². The van der Waals surface area contributed by atoms with Gasteiger partial charge in [0.25, 0.3) is 0 Å². The molecule has 4 radical (unpaired) electrons. The van der Waals surface area contributed by atoms with Crippen molar-refractivity contribution in [3.63, 3.8) is 0 Å². The molecular formula is C32H46N12O4Y4-4. The van der Waals surface area contributed by atoms with Gasteiger partial charge in [-0.25, -0.2) is 17.0 Å². The van der Waals surface area contributed by atoms with Gasteiger partial charge in [-0.1, -0.05) is 65.8 Å². The molecule has 0 saturated heterocycles. The number of hydrogen-bond acceptors (Lipinski definition) is 11. The first-order chi connectivity index (χ1) is 22.2. The molecule has 7 N–H and O–H groups in total. The van der Waals surface area contributed by atoms with Crippen LogP contribution in [0.15, 0.2) is 58.4 Å². The third-order valence-corrected chi connectivity index (χ3v) is 5.87. The molecule has 0 saturated carbocycles. The van der Waals surface area contributed by atoms with E-state index in [9.17, 15) is 19.2 Å². The number of carbonyl (C=O) groups is 2. The molecule has 0 unspecified atom stereocenters. The Morgan fingerprint density at radius 3 is 1.75 bits per heavy atom. The Labute approximate surface area is 405 Å². The van der Waals surface area contributed by atoms with Crippen molar-refractivity contribution in [1.29, 1.82) is 0 Å². The van der Waals surface area contributed by atoms with Crippen LogP contribution in [0.4, 0.5) is 17.6 Å². The minimum atomic E-state index is -0.428. The van der Waals surface area contributed by atoms with Crippen molar-refractivity contribution in [2.45, 2.75) is 55.4 Å². The van der Waals surface area contributed by atoms with Crippen LogP contribution in [0, 0.1) is 35.1 Å². The Hall–Kier alpha value is -1.77. The topological polar surface area (TPSA) is 232 Å². The van der Waals surface area contributed by atoms with E-state index in [4.69, 9.17) is 17.2 Å². The van der Waals surface area contributed by atoms with Crippen molar-refractivity contribution in [2.75, 3.05) is 17.2 Å². The molecular weight excluding hydrogens is 972 g/mol. The van der Waals surface area contributed by atoms with Crippen LogP contribution in [-0.4, -0.2) is 55.2 Å². The van der Waals surface area contributed by atoms with Crippen LogP contribution in [-0.2, 0) is 140 Å². The average Bonchev–Trinajstić information content (AvgIpc) is 3.61. The van der Waals surface area contributed by atoms with E-state index in [2.05, 4.69) is 53.1 Å². The number of amides is 1. The van der Waals surface area contributed by atoms with Gasteiger partial charge in [0.05, 0.1) is 6.42 Å². The molecule has 20 heteroatoms. The zero-order chi connectivity index (χ0) is 36.0. The predicted molar refractivity (Wildman–Crippen MR) is 192 cm³/mol. The molecule has 0 fully saturated rings. The maximum Gasteiger partial charge on any atom is 0.248 e. The van der Waals surface area contributed by atoms with Crippen molar-refractivity contribution in [3.05, 3.63) is 103 Å². The summed E-state index contributed by atoms with van der Waals surface area (Å²) in [6, 6.07) is 3.49. The smallest absolute Gasteiger partial charge is 0.248 e. The van der Waals surface area contributed by atoms with Gasteiger partial charge in [-0.3, -0.25) is 29.3 Å². The van der Waals surface area contributed by atoms with Gasteiger partial charge in [0.1, 0.15) is 18.0 Å². The molecule has 5 aromatic heterocycles. The normalized spacial score (nSPS) is 10.5. The van der Waals surface area contributed by atoms with Gasteiger partial charge in [-0.15, -0.1) is 21.1 Å². The molecule has 5 aromatic rings. The molecule has 0 aromatic carbocycles. The van der Waals surface area contributed by atoms with Gasteiger partial charge in [0.2, 0.25) is 17.2 Å². The zero-order valence-electron chi connectivity index (χ0n) is 29.8. The largest absolute Gasteiger partial charge is 0.473 e. The van der Waals surface area contributed by atoms with Crippen LogP contribution in [0.2, 0.25) is 0 Å². The summed E-state index contributed by atoms with van der Waals surface area (Å²) in [7, 11) is 14.2. The van der Waals surface area contributed by atoms with E-state index in [-0.39, 0.29) is 174 Å². The van der Waals surface area contributed by atoms with Crippen LogP contribution in [0.25, 0.3) is 22.1 Å². The van der Waals surface area contributed by atoms with E-state index in [1.54, 1.807) is 43.1 Å². The summed E-state index contributed by atoms with van der Waals surface area (Å²) in [6.45, 7) is 11.4. The third-order valence-electron chi connectivity index (χ3n) is 5.87. The van der Waals surface area contributed by atoms with Crippen LogP contribution < -0.4 is 28.5 Å². The SMILES string of the molecule is C.CC.CC.[CH2-]N1C=C(C)C(=O)CC1=O.[CH2-]n1cc(C)c(N)nc1=O.[CH2-]n1ccc2c(=O)[nH]c(N)nc21.[CH2-]n1ccc2c(N)ncnc21.[Y].[Y].[Y].[Y]. The molecule has 1 aliphatic rings. The monoisotopic (exact) mass is 1020 g/mol. The number of anilines is 3. The molecule has 1 amide bonds. The number of fused-ring (bicyclic) bond motifs is 2. The number of nitrogens with zero attached hydrogens (tertiary/aromatic N) is 8. The Bertz CT molecular complexity index is 1970. The maximum absolute atomic E-state index is 11.2. The summed E-state index contributed by atoms with van der Waals surface area (Å²) in [5.74, 6) is 0.527. The average molecular weight is 1020 g/mol. The number of H-pyrrole nitrogens is 1. The van der Waals surface area contributed by atoms with Crippen molar-refractivity contribution in [1.82, 2.24) is 43.5 Å². The van der Waals surface area contributed by atoms with Crippen LogP contribution >= 0.6 is 0 Å². The van der Waals surface area contributed by atoms with Crippen molar-refractivity contribution in [3.8, 4) is 0 Å².